The first-order valence-corrected chi connectivity index (χ1v) is 5.89. The van der Waals surface area contributed by atoms with Gasteiger partial charge in [-0.25, -0.2) is 4.79 Å². The van der Waals surface area contributed by atoms with E-state index in [0.717, 1.165) is 11.7 Å². The Morgan fingerprint density at radius 3 is 2.86 bits per heavy atom. The van der Waals surface area contributed by atoms with Crippen molar-refractivity contribution in [2.75, 3.05) is 11.5 Å². The molecule has 1 atom stereocenters. The van der Waals surface area contributed by atoms with Crippen molar-refractivity contribution in [3.05, 3.63) is 0 Å². The SMILES string of the molecule is O=CNC(CSCCC1CC1)C(=O)O. The molecule has 5 heteroatoms. The molecule has 1 aliphatic carbocycles. The molecule has 0 spiro atoms. The van der Waals surface area contributed by atoms with Crippen LogP contribution in [0.25, 0.3) is 0 Å². The first-order chi connectivity index (χ1) is 6.74. The minimum atomic E-state index is -0.962. The molecule has 0 heterocycles. The van der Waals surface area contributed by atoms with Gasteiger partial charge < -0.3 is 10.4 Å². The normalized spacial score (nSPS) is 17.4. The zero-order valence-electron chi connectivity index (χ0n) is 7.94. The van der Waals surface area contributed by atoms with Crippen molar-refractivity contribution in [1.82, 2.24) is 5.32 Å². The number of amides is 1. The van der Waals surface area contributed by atoms with Crippen molar-refractivity contribution in [2.45, 2.75) is 25.3 Å². The molecule has 80 valence electrons. The average Bonchev–Trinajstić information content (AvgIpc) is 2.93. The van der Waals surface area contributed by atoms with Crippen LogP contribution < -0.4 is 5.32 Å². The molecule has 1 aliphatic rings. The maximum atomic E-state index is 10.6. The smallest absolute Gasteiger partial charge is 0.327 e. The minimum absolute atomic E-state index is 0.445. The largest absolute Gasteiger partial charge is 0.480 e. The third kappa shape index (κ3) is 4.50. The van der Waals surface area contributed by atoms with Crippen molar-refractivity contribution in [3.8, 4) is 0 Å². The zero-order chi connectivity index (χ0) is 10.4. The summed E-state index contributed by atoms with van der Waals surface area (Å²) in [5.41, 5.74) is 0. The molecule has 0 aromatic heterocycles. The van der Waals surface area contributed by atoms with E-state index in [9.17, 15) is 9.59 Å². The second kappa shape index (κ2) is 5.90. The van der Waals surface area contributed by atoms with Crippen molar-refractivity contribution in [3.63, 3.8) is 0 Å². The molecule has 0 radical (unpaired) electrons. The number of aliphatic carboxylic acids is 1. The van der Waals surface area contributed by atoms with Crippen LogP contribution in [0.1, 0.15) is 19.3 Å². The Labute approximate surface area is 87.4 Å². The molecule has 0 saturated heterocycles. The van der Waals surface area contributed by atoms with Crippen molar-refractivity contribution in [2.24, 2.45) is 5.92 Å². The lowest BCUT2D eigenvalue weighted by Gasteiger charge is -2.09. The van der Waals surface area contributed by atoms with Crippen molar-refractivity contribution < 1.29 is 14.7 Å². The summed E-state index contributed by atoms with van der Waals surface area (Å²) in [5, 5.41) is 11.0. The highest BCUT2D eigenvalue weighted by Crippen LogP contribution is 2.33. The van der Waals surface area contributed by atoms with E-state index >= 15 is 0 Å². The van der Waals surface area contributed by atoms with Crippen LogP contribution in [0.2, 0.25) is 0 Å². The lowest BCUT2D eigenvalue weighted by Crippen LogP contribution is -2.37. The second-order valence-electron chi connectivity index (χ2n) is 3.48. The summed E-state index contributed by atoms with van der Waals surface area (Å²) in [6, 6.07) is -0.739. The Bertz CT molecular complexity index is 206. The standard InChI is InChI=1S/C9H15NO3S/c11-6-10-8(9(12)13)5-14-4-3-7-1-2-7/h6-8H,1-5H2,(H,10,11)(H,12,13). The predicted octanol–water partition coefficient (Wildman–Crippen LogP) is 0.719. The Morgan fingerprint density at radius 2 is 2.36 bits per heavy atom. The summed E-state index contributed by atoms with van der Waals surface area (Å²) in [5.74, 6) is 1.37. The summed E-state index contributed by atoms with van der Waals surface area (Å²) in [7, 11) is 0. The van der Waals surface area contributed by atoms with Crippen LogP contribution in [0.3, 0.4) is 0 Å². The number of rotatable bonds is 8. The number of hydrogen-bond acceptors (Lipinski definition) is 3. The van der Waals surface area contributed by atoms with Gasteiger partial charge in [-0.1, -0.05) is 12.8 Å². The van der Waals surface area contributed by atoms with Crippen LogP contribution in [-0.2, 0) is 9.59 Å². The van der Waals surface area contributed by atoms with E-state index < -0.39 is 12.0 Å². The summed E-state index contributed by atoms with van der Waals surface area (Å²) >= 11 is 1.60. The van der Waals surface area contributed by atoms with Gasteiger partial charge >= 0.3 is 5.97 Å². The first-order valence-electron chi connectivity index (χ1n) is 4.74. The van der Waals surface area contributed by atoms with Gasteiger partial charge in [0.05, 0.1) is 0 Å². The highest BCUT2D eigenvalue weighted by Gasteiger charge is 2.21. The molecule has 1 amide bonds. The van der Waals surface area contributed by atoms with E-state index in [1.54, 1.807) is 11.8 Å². The lowest BCUT2D eigenvalue weighted by atomic mass is 10.3. The monoisotopic (exact) mass is 217 g/mol. The molecule has 4 nitrogen and oxygen atoms in total. The van der Waals surface area contributed by atoms with Crippen molar-refractivity contribution >= 4 is 24.1 Å². The maximum absolute atomic E-state index is 10.6. The summed E-state index contributed by atoms with van der Waals surface area (Å²) in [6.45, 7) is 0. The predicted molar refractivity (Wildman–Crippen MR) is 55.3 cm³/mol. The first kappa shape index (κ1) is 11.4. The molecule has 1 saturated carbocycles. The molecule has 14 heavy (non-hydrogen) atoms. The summed E-state index contributed by atoms with van der Waals surface area (Å²) in [6.07, 6.45) is 4.28. The van der Waals surface area contributed by atoms with Gasteiger partial charge in [0.15, 0.2) is 0 Å². The highest BCUT2D eigenvalue weighted by atomic mass is 32.2. The molecule has 0 aromatic rings. The molecule has 1 rings (SSSR count). The van der Waals surface area contributed by atoms with Crippen molar-refractivity contribution in [1.29, 1.82) is 0 Å². The lowest BCUT2D eigenvalue weighted by molar-refractivity contribution is -0.139. The van der Waals surface area contributed by atoms with E-state index in [4.69, 9.17) is 5.11 Å². The van der Waals surface area contributed by atoms with Crippen LogP contribution >= 0.6 is 11.8 Å². The number of carboxylic acid groups (broad SMARTS) is 1. The quantitative estimate of drug-likeness (QED) is 0.464. The molecule has 0 bridgehead atoms. The molecule has 0 aromatic carbocycles. The van der Waals surface area contributed by atoms with Gasteiger partial charge in [0, 0.05) is 5.75 Å². The Balaban J connectivity index is 2.05. The number of hydrogen-bond donors (Lipinski definition) is 2. The minimum Gasteiger partial charge on any atom is -0.480 e. The van der Waals surface area contributed by atoms with E-state index in [1.165, 1.54) is 19.3 Å². The average molecular weight is 217 g/mol. The second-order valence-corrected chi connectivity index (χ2v) is 4.63. The van der Waals surface area contributed by atoms with Gasteiger partial charge in [-0.15, -0.1) is 0 Å². The Kier molecular flexibility index (Phi) is 4.79. The Morgan fingerprint density at radius 1 is 1.64 bits per heavy atom. The number of thioether (sulfide) groups is 1. The van der Waals surface area contributed by atoms with E-state index in [1.807, 2.05) is 0 Å². The molecule has 1 unspecified atom stereocenters. The molecule has 2 N–H and O–H groups in total. The number of carbonyl (C=O) groups is 2. The number of carboxylic acids is 1. The zero-order valence-corrected chi connectivity index (χ0v) is 8.76. The highest BCUT2D eigenvalue weighted by molar-refractivity contribution is 7.99. The van der Waals surface area contributed by atoms with Gasteiger partial charge in [-0.3, -0.25) is 4.79 Å². The maximum Gasteiger partial charge on any atom is 0.327 e. The van der Waals surface area contributed by atoms with Crippen LogP contribution in [0, 0.1) is 5.92 Å². The van der Waals surface area contributed by atoms with Crippen LogP contribution in [-0.4, -0.2) is 35.0 Å². The number of carbonyl (C=O) groups excluding carboxylic acids is 1. The van der Waals surface area contributed by atoms with Gasteiger partial charge in [0.25, 0.3) is 0 Å². The fourth-order valence-electron chi connectivity index (χ4n) is 1.13. The summed E-state index contributed by atoms with van der Waals surface area (Å²) < 4.78 is 0. The Hall–Kier alpha value is -0.710. The number of nitrogens with one attached hydrogen (secondary N) is 1. The molecule has 0 aliphatic heterocycles. The van der Waals surface area contributed by atoms with Gasteiger partial charge in [-0.2, -0.15) is 11.8 Å². The topological polar surface area (TPSA) is 66.4 Å². The summed E-state index contributed by atoms with van der Waals surface area (Å²) in [4.78, 5) is 20.7. The van der Waals surface area contributed by atoms with Crippen LogP contribution in [0.15, 0.2) is 0 Å². The van der Waals surface area contributed by atoms with E-state index in [-0.39, 0.29) is 0 Å². The third-order valence-electron chi connectivity index (χ3n) is 2.22. The third-order valence-corrected chi connectivity index (χ3v) is 3.31. The molecule has 1 fully saturated rings. The fraction of sp³-hybridized carbons (Fsp3) is 0.778. The van der Waals surface area contributed by atoms with Gasteiger partial charge in [-0.05, 0) is 18.1 Å². The van der Waals surface area contributed by atoms with Gasteiger partial charge in [0.2, 0.25) is 6.41 Å². The van der Waals surface area contributed by atoms with E-state index in [2.05, 4.69) is 5.32 Å². The van der Waals surface area contributed by atoms with E-state index in [0.29, 0.717) is 12.2 Å². The molecular weight excluding hydrogens is 202 g/mol. The van der Waals surface area contributed by atoms with Gasteiger partial charge in [0.1, 0.15) is 6.04 Å². The van der Waals surface area contributed by atoms with Crippen LogP contribution in [0.4, 0.5) is 0 Å². The fourth-order valence-corrected chi connectivity index (χ4v) is 2.27. The van der Waals surface area contributed by atoms with Crippen LogP contribution in [0.5, 0.6) is 0 Å². The molecular formula is C9H15NO3S.